The van der Waals surface area contributed by atoms with E-state index in [1.807, 2.05) is 0 Å². The second kappa shape index (κ2) is 5.47. The Bertz CT molecular complexity index is 893. The van der Waals surface area contributed by atoms with E-state index in [1.54, 1.807) is 0 Å². The lowest BCUT2D eigenvalue weighted by Crippen LogP contribution is -2.25. The van der Waals surface area contributed by atoms with Gasteiger partial charge in [-0.1, -0.05) is 0 Å². The third kappa shape index (κ3) is 2.57. The number of H-pyrrole nitrogens is 1. The molecule has 0 radical (unpaired) electrons. The monoisotopic (exact) mass is 315 g/mol. The molecule has 0 amide bonds. The highest BCUT2D eigenvalue weighted by Crippen LogP contribution is 2.18. The molecule has 2 aromatic heterocycles. The highest BCUT2D eigenvalue weighted by atomic mass is 19.1. The van der Waals surface area contributed by atoms with Gasteiger partial charge in [-0.3, -0.25) is 5.10 Å². The van der Waals surface area contributed by atoms with Crippen molar-refractivity contribution in [2.24, 2.45) is 0 Å². The molecule has 8 heteroatoms. The van der Waals surface area contributed by atoms with Crippen molar-refractivity contribution in [3.63, 3.8) is 0 Å². The van der Waals surface area contributed by atoms with Crippen LogP contribution >= 0.6 is 0 Å². The molecule has 7 nitrogen and oxygen atoms in total. The number of halogens is 1. The van der Waals surface area contributed by atoms with Crippen molar-refractivity contribution < 1.29 is 8.81 Å². The van der Waals surface area contributed by atoms with E-state index in [2.05, 4.69) is 20.6 Å². The molecule has 1 aromatic carbocycles. The highest BCUT2D eigenvalue weighted by molar-refractivity contribution is 5.51. The van der Waals surface area contributed by atoms with Crippen molar-refractivity contribution in [3.05, 3.63) is 57.6 Å². The van der Waals surface area contributed by atoms with E-state index >= 15 is 0 Å². The molecule has 2 N–H and O–H groups in total. The fraction of sp³-hybridized carbons (Fsp3) is 0.267. The Morgan fingerprint density at radius 2 is 2.13 bits per heavy atom. The lowest BCUT2D eigenvalue weighted by atomic mass is 10.1. The molecule has 23 heavy (non-hydrogen) atoms. The number of hydrogen-bond acceptors (Lipinski definition) is 5. The van der Waals surface area contributed by atoms with Crippen LogP contribution in [-0.2, 0) is 19.5 Å². The lowest BCUT2D eigenvalue weighted by molar-refractivity contribution is 0.492. The van der Waals surface area contributed by atoms with Crippen LogP contribution in [0.3, 0.4) is 0 Å². The standard InChI is InChI=1S/C15H14FN5O2/c16-10-3-1-9(2-4-10)14-20-21(15(22)23-14)8-13-11-7-17-6-5-12(11)18-19-13/h1-4,17H,5-8H2,(H,18,19). The topological polar surface area (TPSA) is 88.7 Å². The van der Waals surface area contributed by atoms with Gasteiger partial charge >= 0.3 is 5.76 Å². The summed E-state index contributed by atoms with van der Waals surface area (Å²) in [5, 5.41) is 14.7. The number of nitrogens with zero attached hydrogens (tertiary/aromatic N) is 3. The van der Waals surface area contributed by atoms with E-state index in [9.17, 15) is 9.18 Å². The SMILES string of the molecule is O=c1oc(-c2ccc(F)cc2)nn1Cc1n[nH]c2c1CNCC2. The van der Waals surface area contributed by atoms with Crippen molar-refractivity contribution in [2.45, 2.75) is 19.5 Å². The first-order valence-corrected chi connectivity index (χ1v) is 7.30. The van der Waals surface area contributed by atoms with E-state index in [0.29, 0.717) is 5.56 Å². The predicted octanol–water partition coefficient (Wildman–Crippen LogP) is 1.06. The van der Waals surface area contributed by atoms with Crippen LogP contribution in [-0.4, -0.2) is 26.5 Å². The molecule has 3 aromatic rings. The van der Waals surface area contributed by atoms with Crippen molar-refractivity contribution in [2.75, 3.05) is 6.54 Å². The summed E-state index contributed by atoms with van der Waals surface area (Å²) in [5.74, 6) is -0.756. The van der Waals surface area contributed by atoms with E-state index in [4.69, 9.17) is 4.42 Å². The van der Waals surface area contributed by atoms with Crippen LogP contribution in [0.4, 0.5) is 4.39 Å². The summed E-state index contributed by atoms with van der Waals surface area (Å²) in [6.07, 6.45) is 0.886. The average Bonchev–Trinajstić information content (AvgIpc) is 3.13. The summed E-state index contributed by atoms with van der Waals surface area (Å²) in [6.45, 7) is 1.86. The van der Waals surface area contributed by atoms with Crippen LogP contribution in [0.25, 0.3) is 11.5 Å². The zero-order valence-electron chi connectivity index (χ0n) is 12.2. The Morgan fingerprint density at radius 3 is 2.96 bits per heavy atom. The maximum atomic E-state index is 13.0. The molecular formula is C15H14FN5O2. The van der Waals surface area contributed by atoms with Crippen LogP contribution in [0.1, 0.15) is 17.0 Å². The van der Waals surface area contributed by atoms with Crippen molar-refractivity contribution >= 4 is 0 Å². The largest absolute Gasteiger partial charge is 0.437 e. The summed E-state index contributed by atoms with van der Waals surface area (Å²) in [4.78, 5) is 12.0. The Kier molecular flexibility index (Phi) is 3.30. The van der Waals surface area contributed by atoms with Gasteiger partial charge in [0.05, 0.1) is 12.2 Å². The van der Waals surface area contributed by atoms with Gasteiger partial charge in [0, 0.05) is 36.3 Å². The lowest BCUT2D eigenvalue weighted by Gasteiger charge is -2.12. The van der Waals surface area contributed by atoms with E-state index < -0.39 is 5.76 Å². The van der Waals surface area contributed by atoms with Gasteiger partial charge in [0.25, 0.3) is 0 Å². The number of nitrogens with one attached hydrogen (secondary N) is 2. The first-order valence-electron chi connectivity index (χ1n) is 7.30. The van der Waals surface area contributed by atoms with Crippen molar-refractivity contribution in [3.8, 4) is 11.5 Å². The molecule has 3 heterocycles. The molecule has 0 bridgehead atoms. The quantitative estimate of drug-likeness (QED) is 0.754. The Hall–Kier alpha value is -2.74. The number of fused-ring (bicyclic) bond motifs is 1. The van der Waals surface area contributed by atoms with Gasteiger partial charge in [-0.15, -0.1) is 5.10 Å². The molecule has 0 unspecified atom stereocenters. The summed E-state index contributed by atoms with van der Waals surface area (Å²) >= 11 is 0. The number of hydrogen-bond donors (Lipinski definition) is 2. The van der Waals surface area contributed by atoms with Gasteiger partial charge in [-0.2, -0.15) is 9.78 Å². The summed E-state index contributed by atoms with van der Waals surface area (Å²) < 4.78 is 19.3. The molecule has 0 fully saturated rings. The van der Waals surface area contributed by atoms with Gasteiger partial charge < -0.3 is 9.73 Å². The zero-order valence-corrected chi connectivity index (χ0v) is 12.2. The fourth-order valence-electron chi connectivity index (χ4n) is 2.67. The molecule has 0 saturated heterocycles. The number of rotatable bonds is 3. The Morgan fingerprint density at radius 1 is 1.30 bits per heavy atom. The predicted molar refractivity (Wildman–Crippen MR) is 79.3 cm³/mol. The number of aromatic nitrogens is 4. The van der Waals surface area contributed by atoms with E-state index in [0.717, 1.165) is 36.5 Å². The smallest absolute Gasteiger partial charge is 0.388 e. The minimum atomic E-state index is -0.565. The van der Waals surface area contributed by atoms with Crippen LogP contribution in [0.2, 0.25) is 0 Å². The van der Waals surface area contributed by atoms with Crippen LogP contribution in [0, 0.1) is 5.82 Å². The second-order valence-electron chi connectivity index (χ2n) is 5.39. The van der Waals surface area contributed by atoms with Crippen molar-refractivity contribution in [1.82, 2.24) is 25.3 Å². The second-order valence-corrected chi connectivity index (χ2v) is 5.39. The normalized spacial score (nSPS) is 14.0. The van der Waals surface area contributed by atoms with Crippen LogP contribution < -0.4 is 11.1 Å². The molecule has 0 saturated carbocycles. The molecule has 1 aliphatic rings. The molecule has 118 valence electrons. The molecule has 0 spiro atoms. The van der Waals surface area contributed by atoms with Crippen LogP contribution in [0.5, 0.6) is 0 Å². The summed E-state index contributed by atoms with van der Waals surface area (Å²) in [5.41, 5.74) is 3.49. The van der Waals surface area contributed by atoms with E-state index in [-0.39, 0.29) is 18.3 Å². The minimum absolute atomic E-state index is 0.164. The zero-order chi connectivity index (χ0) is 15.8. The first-order chi connectivity index (χ1) is 11.2. The third-order valence-corrected chi connectivity index (χ3v) is 3.89. The molecule has 0 aliphatic carbocycles. The Balaban J connectivity index is 1.64. The maximum Gasteiger partial charge on any atom is 0.437 e. The molecule has 0 atom stereocenters. The minimum Gasteiger partial charge on any atom is -0.388 e. The van der Waals surface area contributed by atoms with Gasteiger partial charge in [-0.05, 0) is 24.3 Å². The van der Waals surface area contributed by atoms with Crippen LogP contribution in [0.15, 0.2) is 33.5 Å². The molecular weight excluding hydrogens is 301 g/mol. The summed E-state index contributed by atoms with van der Waals surface area (Å²) in [6, 6.07) is 5.63. The summed E-state index contributed by atoms with van der Waals surface area (Å²) in [7, 11) is 0. The molecule has 1 aliphatic heterocycles. The maximum absolute atomic E-state index is 13.0. The van der Waals surface area contributed by atoms with E-state index in [1.165, 1.54) is 28.9 Å². The van der Waals surface area contributed by atoms with Gasteiger partial charge in [0.1, 0.15) is 5.82 Å². The Labute approximate surface area is 130 Å². The van der Waals surface area contributed by atoms with Gasteiger partial charge in [-0.25, -0.2) is 9.18 Å². The van der Waals surface area contributed by atoms with Crippen molar-refractivity contribution in [1.29, 1.82) is 0 Å². The highest BCUT2D eigenvalue weighted by Gasteiger charge is 2.19. The first kappa shape index (κ1) is 13.9. The number of benzene rings is 1. The fourth-order valence-corrected chi connectivity index (χ4v) is 2.67. The van der Waals surface area contributed by atoms with Gasteiger partial charge in [0.15, 0.2) is 0 Å². The third-order valence-electron chi connectivity index (χ3n) is 3.89. The number of aromatic amines is 1. The average molecular weight is 315 g/mol. The molecule has 4 rings (SSSR count). The van der Waals surface area contributed by atoms with Gasteiger partial charge in [0.2, 0.25) is 5.89 Å².